The van der Waals surface area contributed by atoms with Crippen molar-refractivity contribution in [2.24, 2.45) is 0 Å². The second kappa shape index (κ2) is 5.14. The average Bonchev–Trinajstić information content (AvgIpc) is 2.56. The fourth-order valence-corrected chi connectivity index (χ4v) is 2.07. The van der Waals surface area contributed by atoms with Gasteiger partial charge in [0.1, 0.15) is 5.82 Å². The summed E-state index contributed by atoms with van der Waals surface area (Å²) in [5.41, 5.74) is -3.40. The van der Waals surface area contributed by atoms with Gasteiger partial charge in [-0.1, -0.05) is 6.07 Å². The molecule has 0 aliphatic carbocycles. The van der Waals surface area contributed by atoms with Crippen LogP contribution < -0.4 is 5.46 Å². The van der Waals surface area contributed by atoms with Crippen molar-refractivity contribution < 1.29 is 35.7 Å². The first-order valence-corrected chi connectivity index (χ1v) is 6.78. The van der Waals surface area contributed by atoms with Crippen LogP contribution in [0.3, 0.4) is 0 Å². The van der Waals surface area contributed by atoms with Crippen LogP contribution in [0.25, 0.3) is 0 Å². The van der Waals surface area contributed by atoms with Crippen molar-refractivity contribution in [3.63, 3.8) is 0 Å². The quantitative estimate of drug-likeness (QED) is 0.603. The van der Waals surface area contributed by atoms with Gasteiger partial charge < -0.3 is 9.31 Å². The molecule has 0 N–H and O–H groups in total. The first-order valence-electron chi connectivity index (χ1n) is 6.78. The molecule has 1 fully saturated rings. The van der Waals surface area contributed by atoms with E-state index in [9.17, 15) is 26.3 Å². The van der Waals surface area contributed by atoms with Gasteiger partial charge in [0.2, 0.25) is 0 Å². The molecule has 0 bridgehead atoms. The predicted molar refractivity (Wildman–Crippen MR) is 72.1 cm³/mol. The SMILES string of the molecule is CC1(C)OB(c2cc(F)cc(C(F)(F)C(F)(F)F)c2)OC1(C)C. The maximum Gasteiger partial charge on any atom is 0.494 e. The molecule has 0 atom stereocenters. The molecule has 23 heavy (non-hydrogen) atoms. The summed E-state index contributed by atoms with van der Waals surface area (Å²) in [4.78, 5) is 0. The Kier molecular flexibility index (Phi) is 4.05. The van der Waals surface area contributed by atoms with Gasteiger partial charge in [0.25, 0.3) is 0 Å². The second-order valence-corrected chi connectivity index (χ2v) is 6.43. The molecule has 1 heterocycles. The standard InChI is InChI=1S/C14H15BF6O2/c1-11(2)12(3,4)23-15(22-11)9-5-8(6-10(16)7-9)13(17,18)14(19,20)21/h5-7H,1-4H3. The molecule has 1 aromatic rings. The number of alkyl halides is 5. The Hall–Kier alpha value is -1.22. The van der Waals surface area contributed by atoms with E-state index in [1.165, 1.54) is 0 Å². The first kappa shape index (κ1) is 18.1. The molecule has 1 aliphatic heterocycles. The molecule has 1 saturated heterocycles. The van der Waals surface area contributed by atoms with Crippen LogP contribution in [0.2, 0.25) is 0 Å². The zero-order valence-corrected chi connectivity index (χ0v) is 12.9. The highest BCUT2D eigenvalue weighted by molar-refractivity contribution is 6.62. The lowest BCUT2D eigenvalue weighted by atomic mass is 9.78. The van der Waals surface area contributed by atoms with E-state index in [4.69, 9.17) is 9.31 Å². The van der Waals surface area contributed by atoms with Gasteiger partial charge in [-0.15, -0.1) is 0 Å². The number of benzene rings is 1. The summed E-state index contributed by atoms with van der Waals surface area (Å²) in [6, 6.07) is 1.53. The van der Waals surface area contributed by atoms with Crippen LogP contribution in [0.15, 0.2) is 18.2 Å². The van der Waals surface area contributed by atoms with E-state index in [-0.39, 0.29) is 11.5 Å². The van der Waals surface area contributed by atoms with E-state index in [1.807, 2.05) is 0 Å². The molecule has 1 aliphatic rings. The molecule has 0 spiro atoms. The van der Waals surface area contributed by atoms with Crippen LogP contribution in [0.5, 0.6) is 0 Å². The Balaban J connectivity index is 2.44. The summed E-state index contributed by atoms with van der Waals surface area (Å²) in [5, 5.41) is 0. The van der Waals surface area contributed by atoms with Crippen LogP contribution in [0, 0.1) is 5.82 Å². The van der Waals surface area contributed by atoms with Crippen molar-refractivity contribution in [2.75, 3.05) is 0 Å². The smallest absolute Gasteiger partial charge is 0.399 e. The summed E-state index contributed by atoms with van der Waals surface area (Å²) in [7, 11) is -1.24. The zero-order chi connectivity index (χ0) is 17.8. The summed E-state index contributed by atoms with van der Waals surface area (Å²) < 4.78 is 89.0. The molecule has 2 rings (SSSR count). The zero-order valence-electron chi connectivity index (χ0n) is 12.9. The van der Waals surface area contributed by atoms with Gasteiger partial charge in [0.15, 0.2) is 0 Å². The molecule has 0 radical (unpaired) electrons. The molecule has 9 heteroatoms. The van der Waals surface area contributed by atoms with Gasteiger partial charge >= 0.3 is 19.2 Å². The summed E-state index contributed by atoms with van der Waals surface area (Å²) >= 11 is 0. The molecule has 0 amide bonds. The molecule has 128 valence electrons. The average molecular weight is 340 g/mol. The molecular formula is C14H15BF6O2. The topological polar surface area (TPSA) is 18.5 Å². The van der Waals surface area contributed by atoms with Crippen LogP contribution in [0.1, 0.15) is 33.3 Å². The Morgan fingerprint density at radius 1 is 0.870 bits per heavy atom. The molecule has 0 unspecified atom stereocenters. The van der Waals surface area contributed by atoms with Crippen molar-refractivity contribution >= 4 is 12.6 Å². The van der Waals surface area contributed by atoms with Crippen LogP contribution in [-0.2, 0) is 15.2 Å². The molecule has 2 nitrogen and oxygen atoms in total. The highest BCUT2D eigenvalue weighted by Gasteiger charge is 2.59. The Morgan fingerprint density at radius 3 is 1.78 bits per heavy atom. The second-order valence-electron chi connectivity index (χ2n) is 6.43. The van der Waals surface area contributed by atoms with E-state index < -0.39 is 41.8 Å². The van der Waals surface area contributed by atoms with Gasteiger partial charge in [-0.05, 0) is 45.3 Å². The normalized spacial score (nSPS) is 20.9. The van der Waals surface area contributed by atoms with E-state index in [2.05, 4.69) is 0 Å². The molecular weight excluding hydrogens is 325 g/mol. The lowest BCUT2D eigenvalue weighted by Crippen LogP contribution is -2.41. The minimum Gasteiger partial charge on any atom is -0.399 e. The van der Waals surface area contributed by atoms with Gasteiger partial charge in [-0.2, -0.15) is 22.0 Å². The van der Waals surface area contributed by atoms with Gasteiger partial charge in [-0.25, -0.2) is 4.39 Å². The van der Waals surface area contributed by atoms with Crippen LogP contribution in [-0.4, -0.2) is 24.5 Å². The van der Waals surface area contributed by atoms with Gasteiger partial charge in [-0.3, -0.25) is 0 Å². The predicted octanol–water partition coefficient (Wildman–Crippen LogP) is 3.78. The highest BCUT2D eigenvalue weighted by Crippen LogP contribution is 2.44. The van der Waals surface area contributed by atoms with Gasteiger partial charge in [0, 0.05) is 5.56 Å². The number of hydrogen-bond donors (Lipinski definition) is 0. The van der Waals surface area contributed by atoms with Crippen molar-refractivity contribution in [1.29, 1.82) is 0 Å². The lowest BCUT2D eigenvalue weighted by Gasteiger charge is -2.32. The third kappa shape index (κ3) is 3.08. The third-order valence-corrected chi connectivity index (χ3v) is 4.16. The minimum absolute atomic E-state index is 0.155. The van der Waals surface area contributed by atoms with Crippen molar-refractivity contribution in [3.05, 3.63) is 29.6 Å². The van der Waals surface area contributed by atoms with Crippen LogP contribution >= 0.6 is 0 Å². The number of rotatable bonds is 2. The van der Waals surface area contributed by atoms with E-state index in [1.54, 1.807) is 27.7 Å². The summed E-state index contributed by atoms with van der Waals surface area (Å²) in [5.74, 6) is -6.40. The third-order valence-electron chi connectivity index (χ3n) is 4.16. The van der Waals surface area contributed by atoms with E-state index in [0.717, 1.165) is 6.07 Å². The van der Waals surface area contributed by atoms with Crippen molar-refractivity contribution in [3.8, 4) is 0 Å². The van der Waals surface area contributed by atoms with Gasteiger partial charge in [0.05, 0.1) is 11.2 Å². The molecule has 0 saturated carbocycles. The maximum atomic E-state index is 13.6. The number of hydrogen-bond acceptors (Lipinski definition) is 2. The Bertz CT molecular complexity index is 596. The number of halogens is 6. The minimum atomic E-state index is -5.83. The fourth-order valence-electron chi connectivity index (χ4n) is 2.07. The maximum absolute atomic E-state index is 13.6. The fraction of sp³-hybridized carbons (Fsp3) is 0.571. The van der Waals surface area contributed by atoms with E-state index >= 15 is 0 Å². The Labute approximate surface area is 129 Å². The van der Waals surface area contributed by atoms with Crippen LogP contribution in [0.4, 0.5) is 26.3 Å². The monoisotopic (exact) mass is 340 g/mol. The summed E-state index contributed by atoms with van der Waals surface area (Å²) in [6.45, 7) is 6.71. The Morgan fingerprint density at radius 2 is 1.35 bits per heavy atom. The lowest BCUT2D eigenvalue weighted by molar-refractivity contribution is -0.289. The molecule has 1 aromatic carbocycles. The van der Waals surface area contributed by atoms with Crippen molar-refractivity contribution in [2.45, 2.75) is 51.0 Å². The summed E-state index contributed by atoms with van der Waals surface area (Å²) in [6.07, 6.45) is -5.83. The van der Waals surface area contributed by atoms with E-state index in [0.29, 0.717) is 6.07 Å². The largest absolute Gasteiger partial charge is 0.494 e. The highest BCUT2D eigenvalue weighted by atomic mass is 19.4. The van der Waals surface area contributed by atoms with Crippen molar-refractivity contribution in [1.82, 2.24) is 0 Å². The first-order chi connectivity index (χ1) is 10.2. The molecule has 0 aromatic heterocycles.